The normalized spacial score (nSPS) is 10.8. The zero-order chi connectivity index (χ0) is 15.0. The average molecular weight is 351 g/mol. The van der Waals surface area contributed by atoms with Gasteiger partial charge in [0.2, 0.25) is 5.88 Å². The first kappa shape index (κ1) is 13.8. The summed E-state index contributed by atoms with van der Waals surface area (Å²) in [5.74, 6) is -1.04. The van der Waals surface area contributed by atoms with Crippen LogP contribution in [0.2, 0.25) is 0 Å². The minimum absolute atomic E-state index is 0.0579. The van der Waals surface area contributed by atoms with Crippen molar-refractivity contribution in [3.63, 3.8) is 0 Å². The van der Waals surface area contributed by atoms with Crippen molar-refractivity contribution in [3.8, 4) is 22.4 Å². The minimum atomic E-state index is -0.504. The highest BCUT2D eigenvalue weighted by Crippen LogP contribution is 2.38. The molecular formula is C15H9BrF2N2O. The Morgan fingerprint density at radius 1 is 1.00 bits per heavy atom. The molecule has 2 aromatic carbocycles. The van der Waals surface area contributed by atoms with E-state index in [2.05, 4.69) is 21.1 Å². The SMILES string of the molecule is Nc1onc(-c2ccc(Br)cc2F)c1-c1ccccc1F. The topological polar surface area (TPSA) is 52.0 Å². The number of nitrogens with two attached hydrogens (primary N) is 1. The number of hydrogen-bond donors (Lipinski definition) is 1. The summed E-state index contributed by atoms with van der Waals surface area (Å²) in [5, 5.41) is 3.77. The van der Waals surface area contributed by atoms with Crippen molar-refractivity contribution in [1.29, 1.82) is 0 Å². The van der Waals surface area contributed by atoms with Crippen LogP contribution in [0.3, 0.4) is 0 Å². The van der Waals surface area contributed by atoms with Gasteiger partial charge in [0, 0.05) is 15.6 Å². The molecule has 1 heterocycles. The molecule has 21 heavy (non-hydrogen) atoms. The molecule has 0 saturated carbocycles. The van der Waals surface area contributed by atoms with Gasteiger partial charge in [-0.2, -0.15) is 0 Å². The molecule has 1 aromatic heterocycles. The van der Waals surface area contributed by atoms with Gasteiger partial charge in [0.25, 0.3) is 0 Å². The van der Waals surface area contributed by atoms with Gasteiger partial charge in [-0.05, 0) is 24.3 Å². The second kappa shape index (κ2) is 5.29. The first-order valence-corrected chi connectivity index (χ1v) is 6.82. The third-order valence-corrected chi connectivity index (χ3v) is 3.54. The maximum absolute atomic E-state index is 14.1. The molecule has 0 bridgehead atoms. The molecule has 0 amide bonds. The zero-order valence-corrected chi connectivity index (χ0v) is 12.2. The number of benzene rings is 2. The molecule has 2 N–H and O–H groups in total. The second-order valence-electron chi connectivity index (χ2n) is 4.37. The van der Waals surface area contributed by atoms with Crippen LogP contribution in [0, 0.1) is 11.6 Å². The number of nitrogen functional groups attached to an aromatic ring is 1. The third-order valence-electron chi connectivity index (χ3n) is 3.05. The van der Waals surface area contributed by atoms with Gasteiger partial charge in [-0.1, -0.05) is 39.3 Å². The Labute approximate surface area is 127 Å². The molecule has 3 aromatic rings. The van der Waals surface area contributed by atoms with Gasteiger partial charge in [-0.3, -0.25) is 0 Å². The Morgan fingerprint density at radius 2 is 1.76 bits per heavy atom. The van der Waals surface area contributed by atoms with Gasteiger partial charge in [0.15, 0.2) is 0 Å². The summed E-state index contributed by atoms with van der Waals surface area (Å²) < 4.78 is 33.6. The number of hydrogen-bond acceptors (Lipinski definition) is 3. The maximum Gasteiger partial charge on any atom is 0.230 e. The molecule has 0 radical (unpaired) electrons. The van der Waals surface area contributed by atoms with Crippen molar-refractivity contribution in [2.24, 2.45) is 0 Å². The molecule has 3 nitrogen and oxygen atoms in total. The monoisotopic (exact) mass is 350 g/mol. The Morgan fingerprint density at radius 3 is 2.48 bits per heavy atom. The largest absolute Gasteiger partial charge is 0.367 e. The van der Waals surface area contributed by atoms with Crippen LogP contribution >= 0.6 is 15.9 Å². The molecule has 0 aliphatic heterocycles. The molecule has 0 saturated heterocycles. The van der Waals surface area contributed by atoms with E-state index in [0.717, 1.165) is 0 Å². The Hall–Kier alpha value is -2.21. The van der Waals surface area contributed by atoms with Crippen molar-refractivity contribution < 1.29 is 13.3 Å². The fraction of sp³-hybridized carbons (Fsp3) is 0. The fourth-order valence-electron chi connectivity index (χ4n) is 2.09. The summed E-state index contributed by atoms with van der Waals surface area (Å²) >= 11 is 3.18. The lowest BCUT2D eigenvalue weighted by molar-refractivity contribution is 0.439. The standard InChI is InChI=1S/C15H9BrF2N2O/c16-8-5-6-10(12(18)7-8)14-13(15(19)21-20-14)9-3-1-2-4-11(9)17/h1-7H,19H2. The molecule has 0 fully saturated rings. The van der Waals surface area contributed by atoms with Crippen molar-refractivity contribution in [2.45, 2.75) is 0 Å². The van der Waals surface area contributed by atoms with E-state index >= 15 is 0 Å². The predicted molar refractivity (Wildman–Crippen MR) is 79.4 cm³/mol. The van der Waals surface area contributed by atoms with Crippen molar-refractivity contribution in [1.82, 2.24) is 5.16 Å². The summed E-state index contributed by atoms with van der Waals surface area (Å²) in [5.41, 5.74) is 6.55. The van der Waals surface area contributed by atoms with Crippen LogP contribution in [-0.2, 0) is 0 Å². The average Bonchev–Trinajstić information content (AvgIpc) is 2.81. The molecule has 6 heteroatoms. The molecule has 0 aliphatic rings. The van der Waals surface area contributed by atoms with Crippen molar-refractivity contribution in [2.75, 3.05) is 5.73 Å². The van der Waals surface area contributed by atoms with Crippen LogP contribution in [0.25, 0.3) is 22.4 Å². The summed E-state index contributed by atoms with van der Waals surface area (Å²) in [4.78, 5) is 0. The number of rotatable bonds is 2. The van der Waals surface area contributed by atoms with Gasteiger partial charge in [-0.15, -0.1) is 0 Å². The smallest absolute Gasteiger partial charge is 0.230 e. The number of anilines is 1. The van der Waals surface area contributed by atoms with E-state index in [4.69, 9.17) is 10.3 Å². The van der Waals surface area contributed by atoms with Crippen LogP contribution < -0.4 is 5.73 Å². The molecule has 0 atom stereocenters. The van der Waals surface area contributed by atoms with Crippen molar-refractivity contribution in [3.05, 3.63) is 58.6 Å². The summed E-state index contributed by atoms with van der Waals surface area (Å²) in [6.45, 7) is 0. The van der Waals surface area contributed by atoms with Crippen LogP contribution in [0.15, 0.2) is 51.5 Å². The first-order chi connectivity index (χ1) is 10.1. The van der Waals surface area contributed by atoms with Gasteiger partial charge in [0.1, 0.15) is 17.3 Å². The van der Waals surface area contributed by atoms with E-state index in [1.807, 2.05) is 0 Å². The molecule has 0 spiro atoms. The van der Waals surface area contributed by atoms with E-state index in [0.29, 0.717) is 4.47 Å². The summed E-state index contributed by atoms with van der Waals surface area (Å²) in [7, 11) is 0. The predicted octanol–water partition coefficient (Wildman–Crippen LogP) is 4.63. The Bertz CT molecular complexity index is 817. The van der Waals surface area contributed by atoms with E-state index in [-0.39, 0.29) is 28.3 Å². The van der Waals surface area contributed by atoms with Gasteiger partial charge >= 0.3 is 0 Å². The van der Waals surface area contributed by atoms with Gasteiger partial charge in [0.05, 0.1) is 5.56 Å². The van der Waals surface area contributed by atoms with E-state index in [1.165, 1.54) is 18.2 Å². The summed E-state index contributed by atoms with van der Waals surface area (Å²) in [6, 6.07) is 10.5. The number of halogens is 3. The van der Waals surface area contributed by atoms with Crippen LogP contribution in [0.4, 0.5) is 14.7 Å². The van der Waals surface area contributed by atoms with E-state index in [1.54, 1.807) is 24.3 Å². The van der Waals surface area contributed by atoms with E-state index in [9.17, 15) is 8.78 Å². The van der Waals surface area contributed by atoms with Gasteiger partial charge in [-0.25, -0.2) is 8.78 Å². The maximum atomic E-state index is 14.1. The number of nitrogens with zero attached hydrogens (tertiary/aromatic N) is 1. The quantitative estimate of drug-likeness (QED) is 0.732. The van der Waals surface area contributed by atoms with Crippen LogP contribution in [0.1, 0.15) is 0 Å². The van der Waals surface area contributed by atoms with Crippen LogP contribution in [0.5, 0.6) is 0 Å². The zero-order valence-electron chi connectivity index (χ0n) is 10.6. The highest BCUT2D eigenvalue weighted by atomic mass is 79.9. The second-order valence-corrected chi connectivity index (χ2v) is 5.29. The molecule has 106 valence electrons. The van der Waals surface area contributed by atoms with E-state index < -0.39 is 11.6 Å². The summed E-state index contributed by atoms with van der Waals surface area (Å²) in [6.07, 6.45) is 0. The van der Waals surface area contributed by atoms with Crippen LogP contribution in [-0.4, -0.2) is 5.16 Å². The Kier molecular flexibility index (Phi) is 3.47. The highest BCUT2D eigenvalue weighted by Gasteiger charge is 2.22. The Balaban J connectivity index is 2.25. The number of aromatic nitrogens is 1. The van der Waals surface area contributed by atoms with Crippen molar-refractivity contribution >= 4 is 21.8 Å². The lowest BCUT2D eigenvalue weighted by atomic mass is 10.0. The molecule has 0 unspecified atom stereocenters. The molecular weight excluding hydrogens is 342 g/mol. The molecule has 3 rings (SSSR count). The van der Waals surface area contributed by atoms with Gasteiger partial charge < -0.3 is 10.3 Å². The fourth-order valence-corrected chi connectivity index (χ4v) is 2.43. The minimum Gasteiger partial charge on any atom is -0.367 e. The lowest BCUT2D eigenvalue weighted by Gasteiger charge is -2.05. The highest BCUT2D eigenvalue weighted by molar-refractivity contribution is 9.10. The molecule has 0 aliphatic carbocycles. The first-order valence-electron chi connectivity index (χ1n) is 6.03. The third kappa shape index (κ3) is 2.42. The lowest BCUT2D eigenvalue weighted by Crippen LogP contribution is -1.92.